The molecule has 0 aliphatic heterocycles. The van der Waals surface area contributed by atoms with Gasteiger partial charge in [-0.1, -0.05) is 0 Å². The van der Waals surface area contributed by atoms with Crippen molar-refractivity contribution in [2.75, 3.05) is 13.2 Å². The summed E-state index contributed by atoms with van der Waals surface area (Å²) in [7, 11) is 1.82. The Morgan fingerprint density at radius 3 is 3.00 bits per heavy atom. The van der Waals surface area contributed by atoms with Crippen LogP contribution in [0.25, 0.3) is 0 Å². The van der Waals surface area contributed by atoms with Gasteiger partial charge >= 0.3 is 5.97 Å². The standard InChI is InChI=1S/C10H18N4O2/c1-4-16-10(15)8(2)11-6-5-9-12-7-14(3)13-9/h7-8,11H,4-6H2,1-3H3. The number of rotatable bonds is 6. The molecule has 0 radical (unpaired) electrons. The quantitative estimate of drug-likeness (QED) is 0.686. The van der Waals surface area contributed by atoms with Crippen LogP contribution in [0.15, 0.2) is 6.33 Å². The molecular formula is C10H18N4O2. The van der Waals surface area contributed by atoms with Crippen molar-refractivity contribution in [3.8, 4) is 0 Å². The van der Waals surface area contributed by atoms with Gasteiger partial charge in [-0.3, -0.25) is 9.48 Å². The van der Waals surface area contributed by atoms with E-state index in [0.717, 1.165) is 5.82 Å². The van der Waals surface area contributed by atoms with Crippen molar-refractivity contribution in [3.63, 3.8) is 0 Å². The molecule has 6 heteroatoms. The fourth-order valence-corrected chi connectivity index (χ4v) is 1.25. The van der Waals surface area contributed by atoms with Crippen LogP contribution in [0.1, 0.15) is 19.7 Å². The van der Waals surface area contributed by atoms with Crippen LogP contribution in [0, 0.1) is 0 Å². The molecule has 0 fully saturated rings. The molecule has 16 heavy (non-hydrogen) atoms. The molecule has 0 aliphatic carbocycles. The fraction of sp³-hybridized carbons (Fsp3) is 0.700. The molecular weight excluding hydrogens is 208 g/mol. The minimum absolute atomic E-state index is 0.225. The molecule has 1 aromatic heterocycles. The van der Waals surface area contributed by atoms with Crippen molar-refractivity contribution in [2.24, 2.45) is 7.05 Å². The number of aryl methyl sites for hydroxylation is 1. The Kier molecular flexibility index (Phi) is 4.91. The van der Waals surface area contributed by atoms with Crippen LogP contribution >= 0.6 is 0 Å². The zero-order valence-corrected chi connectivity index (χ0v) is 9.93. The Balaban J connectivity index is 2.22. The molecule has 0 bridgehead atoms. The van der Waals surface area contributed by atoms with Gasteiger partial charge in [0.1, 0.15) is 12.4 Å². The van der Waals surface area contributed by atoms with Gasteiger partial charge in [-0.15, -0.1) is 0 Å². The zero-order chi connectivity index (χ0) is 12.0. The van der Waals surface area contributed by atoms with Crippen molar-refractivity contribution < 1.29 is 9.53 Å². The fourth-order valence-electron chi connectivity index (χ4n) is 1.25. The lowest BCUT2D eigenvalue weighted by Crippen LogP contribution is -2.36. The smallest absolute Gasteiger partial charge is 0.322 e. The molecule has 1 unspecified atom stereocenters. The van der Waals surface area contributed by atoms with E-state index >= 15 is 0 Å². The van der Waals surface area contributed by atoms with Crippen LogP contribution < -0.4 is 5.32 Å². The monoisotopic (exact) mass is 226 g/mol. The second-order valence-corrected chi connectivity index (χ2v) is 3.51. The Labute approximate surface area is 95.0 Å². The van der Waals surface area contributed by atoms with Crippen molar-refractivity contribution in [3.05, 3.63) is 12.2 Å². The van der Waals surface area contributed by atoms with E-state index in [0.29, 0.717) is 19.6 Å². The highest BCUT2D eigenvalue weighted by molar-refractivity contribution is 5.75. The van der Waals surface area contributed by atoms with E-state index in [9.17, 15) is 4.79 Å². The first-order valence-corrected chi connectivity index (χ1v) is 5.38. The molecule has 1 heterocycles. The van der Waals surface area contributed by atoms with E-state index in [1.54, 1.807) is 24.9 Å². The molecule has 0 aliphatic rings. The lowest BCUT2D eigenvalue weighted by molar-refractivity contribution is -0.145. The SMILES string of the molecule is CCOC(=O)C(C)NCCc1ncn(C)n1. The average Bonchev–Trinajstić information content (AvgIpc) is 2.64. The molecule has 90 valence electrons. The molecule has 0 amide bonds. The highest BCUT2D eigenvalue weighted by atomic mass is 16.5. The molecule has 1 rings (SSSR count). The Morgan fingerprint density at radius 2 is 2.44 bits per heavy atom. The summed E-state index contributed by atoms with van der Waals surface area (Å²) in [5.74, 6) is 0.544. The van der Waals surface area contributed by atoms with Crippen LogP contribution in [0.2, 0.25) is 0 Å². The third-order valence-electron chi connectivity index (χ3n) is 2.09. The van der Waals surface area contributed by atoms with Gasteiger partial charge in [0.2, 0.25) is 0 Å². The molecule has 0 saturated heterocycles. The maximum absolute atomic E-state index is 11.3. The Morgan fingerprint density at radius 1 is 1.69 bits per heavy atom. The maximum Gasteiger partial charge on any atom is 0.322 e. The third-order valence-corrected chi connectivity index (χ3v) is 2.09. The van der Waals surface area contributed by atoms with E-state index in [2.05, 4.69) is 15.4 Å². The van der Waals surface area contributed by atoms with Gasteiger partial charge in [0, 0.05) is 20.0 Å². The molecule has 1 atom stereocenters. The van der Waals surface area contributed by atoms with Gasteiger partial charge in [-0.05, 0) is 13.8 Å². The number of carbonyl (C=O) groups is 1. The van der Waals surface area contributed by atoms with Crippen LogP contribution in [0.5, 0.6) is 0 Å². The largest absolute Gasteiger partial charge is 0.465 e. The summed E-state index contributed by atoms with van der Waals surface area (Å²) in [6.45, 7) is 4.64. The summed E-state index contributed by atoms with van der Waals surface area (Å²) >= 11 is 0. The van der Waals surface area contributed by atoms with Crippen molar-refractivity contribution >= 4 is 5.97 Å². The van der Waals surface area contributed by atoms with Crippen LogP contribution in [-0.2, 0) is 23.0 Å². The van der Waals surface area contributed by atoms with E-state index in [-0.39, 0.29) is 12.0 Å². The minimum Gasteiger partial charge on any atom is -0.465 e. The highest BCUT2D eigenvalue weighted by Crippen LogP contribution is 1.91. The van der Waals surface area contributed by atoms with Crippen molar-refractivity contribution in [2.45, 2.75) is 26.3 Å². The summed E-state index contributed by atoms with van der Waals surface area (Å²) < 4.78 is 6.53. The Bertz CT molecular complexity index is 337. The molecule has 1 aromatic rings. The van der Waals surface area contributed by atoms with E-state index in [4.69, 9.17) is 4.74 Å². The molecule has 0 saturated carbocycles. The predicted molar refractivity (Wildman–Crippen MR) is 58.8 cm³/mol. The third kappa shape index (κ3) is 3.98. The number of hydrogen-bond acceptors (Lipinski definition) is 5. The summed E-state index contributed by atoms with van der Waals surface area (Å²) in [4.78, 5) is 15.4. The van der Waals surface area contributed by atoms with E-state index in [1.165, 1.54) is 0 Å². The lowest BCUT2D eigenvalue weighted by atomic mass is 10.3. The van der Waals surface area contributed by atoms with Crippen LogP contribution in [0.3, 0.4) is 0 Å². The number of nitrogens with one attached hydrogen (secondary N) is 1. The number of ether oxygens (including phenoxy) is 1. The lowest BCUT2D eigenvalue weighted by Gasteiger charge is -2.11. The first-order chi connectivity index (χ1) is 7.63. The predicted octanol–water partition coefficient (Wildman–Crippen LogP) is -0.101. The number of nitrogens with zero attached hydrogens (tertiary/aromatic N) is 3. The average molecular weight is 226 g/mol. The van der Waals surface area contributed by atoms with E-state index < -0.39 is 0 Å². The first kappa shape index (κ1) is 12.6. The van der Waals surface area contributed by atoms with Gasteiger partial charge in [-0.25, -0.2) is 4.98 Å². The molecule has 0 aromatic carbocycles. The second kappa shape index (κ2) is 6.22. The summed E-state index contributed by atoms with van der Waals surface area (Å²) in [6.07, 6.45) is 2.36. The van der Waals surface area contributed by atoms with E-state index in [1.807, 2.05) is 7.05 Å². The highest BCUT2D eigenvalue weighted by Gasteiger charge is 2.12. The van der Waals surface area contributed by atoms with Crippen LogP contribution in [0.4, 0.5) is 0 Å². The number of hydrogen-bond donors (Lipinski definition) is 1. The molecule has 0 spiro atoms. The second-order valence-electron chi connectivity index (χ2n) is 3.51. The summed E-state index contributed by atoms with van der Waals surface area (Å²) in [6, 6.07) is -0.288. The minimum atomic E-state index is -0.288. The van der Waals surface area contributed by atoms with Gasteiger partial charge in [0.25, 0.3) is 0 Å². The normalized spacial score (nSPS) is 12.4. The molecule has 6 nitrogen and oxygen atoms in total. The summed E-state index contributed by atoms with van der Waals surface area (Å²) in [5, 5.41) is 7.20. The zero-order valence-electron chi connectivity index (χ0n) is 9.93. The maximum atomic E-state index is 11.3. The number of esters is 1. The molecule has 1 N–H and O–H groups in total. The Hall–Kier alpha value is -1.43. The van der Waals surface area contributed by atoms with Gasteiger partial charge < -0.3 is 10.1 Å². The van der Waals surface area contributed by atoms with Gasteiger partial charge in [0.05, 0.1) is 6.61 Å². The van der Waals surface area contributed by atoms with Gasteiger partial charge in [-0.2, -0.15) is 5.10 Å². The topological polar surface area (TPSA) is 69.0 Å². The van der Waals surface area contributed by atoms with Crippen LogP contribution in [-0.4, -0.2) is 39.9 Å². The first-order valence-electron chi connectivity index (χ1n) is 5.38. The van der Waals surface area contributed by atoms with Gasteiger partial charge in [0.15, 0.2) is 5.82 Å². The summed E-state index contributed by atoms with van der Waals surface area (Å²) in [5.41, 5.74) is 0. The van der Waals surface area contributed by atoms with Crippen molar-refractivity contribution in [1.82, 2.24) is 20.1 Å². The number of aromatic nitrogens is 3. The number of carbonyl (C=O) groups excluding carboxylic acids is 1. The van der Waals surface area contributed by atoms with Crippen molar-refractivity contribution in [1.29, 1.82) is 0 Å².